The molecule has 1 saturated heterocycles. The van der Waals surface area contributed by atoms with Crippen LogP contribution in [-0.2, 0) is 9.53 Å². The zero-order valence-corrected chi connectivity index (χ0v) is 13.1. The highest BCUT2D eigenvalue weighted by Crippen LogP contribution is 2.45. The lowest BCUT2D eigenvalue weighted by molar-refractivity contribution is -0.153. The van der Waals surface area contributed by atoms with E-state index in [0.29, 0.717) is 25.9 Å². The van der Waals surface area contributed by atoms with Crippen molar-refractivity contribution >= 4 is 12.1 Å². The van der Waals surface area contributed by atoms with Gasteiger partial charge in [-0.3, -0.25) is 4.79 Å². The third kappa shape index (κ3) is 3.87. The number of rotatable bonds is 4. The Morgan fingerprint density at radius 1 is 1.29 bits per heavy atom. The second-order valence-electron chi connectivity index (χ2n) is 7.17. The Hall–Kier alpha value is -1.30. The van der Waals surface area contributed by atoms with Gasteiger partial charge in [-0.2, -0.15) is 0 Å². The van der Waals surface area contributed by atoms with Crippen LogP contribution in [0, 0.1) is 11.3 Å². The van der Waals surface area contributed by atoms with Crippen LogP contribution in [-0.4, -0.2) is 41.9 Å². The topological polar surface area (TPSA) is 87.7 Å². The van der Waals surface area contributed by atoms with E-state index >= 15 is 0 Å². The number of aliphatic carboxylic acids is 1. The molecule has 3 N–H and O–H groups in total. The van der Waals surface area contributed by atoms with Gasteiger partial charge in [-0.05, 0) is 65.5 Å². The van der Waals surface area contributed by atoms with E-state index in [1.54, 1.807) is 20.8 Å². The third-order valence-electron chi connectivity index (χ3n) is 4.28. The maximum Gasteiger partial charge on any atom is 0.407 e. The van der Waals surface area contributed by atoms with E-state index < -0.39 is 23.1 Å². The third-order valence-corrected chi connectivity index (χ3v) is 4.28. The minimum Gasteiger partial charge on any atom is -0.481 e. The van der Waals surface area contributed by atoms with Gasteiger partial charge in [0.15, 0.2) is 0 Å². The largest absolute Gasteiger partial charge is 0.481 e. The maximum absolute atomic E-state index is 12.1. The van der Waals surface area contributed by atoms with Crippen LogP contribution >= 0.6 is 0 Å². The van der Waals surface area contributed by atoms with Gasteiger partial charge >= 0.3 is 12.1 Å². The molecule has 1 aliphatic heterocycles. The van der Waals surface area contributed by atoms with E-state index in [4.69, 9.17) is 4.74 Å². The molecule has 21 heavy (non-hydrogen) atoms. The van der Waals surface area contributed by atoms with Crippen molar-refractivity contribution in [2.75, 3.05) is 13.1 Å². The molecule has 6 heteroatoms. The zero-order valence-electron chi connectivity index (χ0n) is 13.1. The van der Waals surface area contributed by atoms with E-state index in [1.807, 2.05) is 0 Å². The highest BCUT2D eigenvalue weighted by molar-refractivity contribution is 5.78. The molecule has 1 heterocycles. The van der Waals surface area contributed by atoms with Crippen molar-refractivity contribution in [3.05, 3.63) is 0 Å². The Morgan fingerprint density at radius 2 is 1.86 bits per heavy atom. The Labute approximate surface area is 125 Å². The smallest absolute Gasteiger partial charge is 0.407 e. The van der Waals surface area contributed by atoms with Gasteiger partial charge in [0, 0.05) is 0 Å². The number of amides is 1. The van der Waals surface area contributed by atoms with Crippen LogP contribution in [0.15, 0.2) is 0 Å². The fourth-order valence-corrected chi connectivity index (χ4v) is 3.10. The second kappa shape index (κ2) is 5.83. The summed E-state index contributed by atoms with van der Waals surface area (Å²) in [6.07, 6.45) is 2.52. The van der Waals surface area contributed by atoms with E-state index in [-0.39, 0.29) is 12.0 Å². The highest BCUT2D eigenvalue weighted by atomic mass is 16.6. The first-order valence-corrected chi connectivity index (χ1v) is 7.68. The average Bonchev–Trinajstić information content (AvgIpc) is 3.18. The number of carboxylic acid groups (broad SMARTS) is 1. The molecule has 2 aliphatic rings. The van der Waals surface area contributed by atoms with Crippen LogP contribution < -0.4 is 10.6 Å². The summed E-state index contributed by atoms with van der Waals surface area (Å²) in [7, 11) is 0. The molecule has 1 saturated carbocycles. The summed E-state index contributed by atoms with van der Waals surface area (Å²) in [5.74, 6) is -0.552. The van der Waals surface area contributed by atoms with Gasteiger partial charge < -0.3 is 20.5 Å². The Kier molecular flexibility index (Phi) is 4.46. The average molecular weight is 298 g/mol. The van der Waals surface area contributed by atoms with Gasteiger partial charge in [-0.1, -0.05) is 0 Å². The normalized spacial score (nSPS) is 23.2. The first-order chi connectivity index (χ1) is 9.74. The molecule has 2 fully saturated rings. The van der Waals surface area contributed by atoms with E-state index in [9.17, 15) is 14.7 Å². The molecular formula is C15H26N2O4. The molecule has 0 spiro atoms. The van der Waals surface area contributed by atoms with Crippen molar-refractivity contribution in [1.29, 1.82) is 0 Å². The molecule has 0 aromatic heterocycles. The van der Waals surface area contributed by atoms with Crippen LogP contribution in [0.1, 0.15) is 46.5 Å². The standard InChI is InChI=1S/C15H26N2O4/c1-14(2,3)21-13(20)17-11(10-4-5-10)15(12(18)19)6-8-16-9-7-15/h10-11,16H,4-9H2,1-3H3,(H,17,20)(H,18,19). The molecule has 6 nitrogen and oxygen atoms in total. The highest BCUT2D eigenvalue weighted by Gasteiger charge is 2.53. The lowest BCUT2D eigenvalue weighted by atomic mass is 9.71. The number of carbonyl (C=O) groups is 2. The summed E-state index contributed by atoms with van der Waals surface area (Å²) in [6, 6.07) is -0.341. The second-order valence-corrected chi connectivity index (χ2v) is 7.17. The lowest BCUT2D eigenvalue weighted by Gasteiger charge is -2.41. The van der Waals surface area contributed by atoms with Gasteiger partial charge in [0.25, 0.3) is 0 Å². The number of ether oxygens (including phenoxy) is 1. The van der Waals surface area contributed by atoms with Gasteiger partial charge in [-0.15, -0.1) is 0 Å². The number of hydrogen-bond acceptors (Lipinski definition) is 4. The van der Waals surface area contributed by atoms with Crippen molar-refractivity contribution in [3.8, 4) is 0 Å². The minimum atomic E-state index is -0.872. The van der Waals surface area contributed by atoms with Crippen molar-refractivity contribution in [2.45, 2.75) is 58.1 Å². The Balaban J connectivity index is 2.13. The molecule has 0 bridgehead atoms. The van der Waals surface area contributed by atoms with Crippen molar-refractivity contribution in [3.63, 3.8) is 0 Å². The maximum atomic E-state index is 12.1. The van der Waals surface area contributed by atoms with Crippen molar-refractivity contribution in [2.24, 2.45) is 11.3 Å². The summed E-state index contributed by atoms with van der Waals surface area (Å²) >= 11 is 0. The van der Waals surface area contributed by atoms with Crippen LogP contribution in [0.3, 0.4) is 0 Å². The van der Waals surface area contributed by atoms with E-state index in [0.717, 1.165) is 12.8 Å². The number of nitrogens with one attached hydrogen (secondary N) is 2. The summed E-state index contributed by atoms with van der Waals surface area (Å²) < 4.78 is 5.30. The SMILES string of the molecule is CC(C)(C)OC(=O)NC(C1CC1)C1(C(=O)O)CCNCC1. The molecule has 1 unspecified atom stereocenters. The first kappa shape index (κ1) is 16.1. The zero-order chi connectivity index (χ0) is 15.7. The number of carbonyl (C=O) groups excluding carboxylic acids is 1. The Bertz CT molecular complexity index is 406. The molecule has 0 aromatic carbocycles. The summed E-state index contributed by atoms with van der Waals surface area (Å²) in [6.45, 7) is 6.75. The monoisotopic (exact) mass is 298 g/mol. The molecule has 0 radical (unpaired) electrons. The van der Waals surface area contributed by atoms with Gasteiger partial charge in [0.2, 0.25) is 0 Å². The molecule has 1 amide bonds. The molecule has 0 aromatic rings. The molecule has 1 aliphatic carbocycles. The van der Waals surface area contributed by atoms with E-state index in [1.165, 1.54) is 0 Å². The summed E-state index contributed by atoms with van der Waals surface area (Å²) in [5, 5.41) is 15.8. The predicted octanol–water partition coefficient (Wildman–Crippen LogP) is 1.74. The molecule has 1 atom stereocenters. The van der Waals surface area contributed by atoms with Gasteiger partial charge in [0.1, 0.15) is 5.60 Å². The van der Waals surface area contributed by atoms with Crippen LogP contribution in [0.5, 0.6) is 0 Å². The first-order valence-electron chi connectivity index (χ1n) is 7.68. The molecule has 120 valence electrons. The van der Waals surface area contributed by atoms with Gasteiger partial charge in [0.05, 0.1) is 11.5 Å². The van der Waals surface area contributed by atoms with Gasteiger partial charge in [-0.25, -0.2) is 4.79 Å². The van der Waals surface area contributed by atoms with Crippen LogP contribution in [0.25, 0.3) is 0 Å². The van der Waals surface area contributed by atoms with E-state index in [2.05, 4.69) is 10.6 Å². The predicted molar refractivity (Wildman–Crippen MR) is 78.1 cm³/mol. The minimum absolute atomic E-state index is 0.256. The lowest BCUT2D eigenvalue weighted by Crippen LogP contribution is -2.57. The fraction of sp³-hybridized carbons (Fsp3) is 0.867. The molecular weight excluding hydrogens is 272 g/mol. The molecule has 2 rings (SSSR count). The summed E-state index contributed by atoms with van der Waals surface area (Å²) in [5.41, 5.74) is -1.45. The number of carboxylic acids is 1. The number of alkyl carbamates (subject to hydrolysis) is 1. The number of piperidine rings is 1. The summed E-state index contributed by atoms with van der Waals surface area (Å²) in [4.78, 5) is 24.0. The van der Waals surface area contributed by atoms with Crippen LogP contribution in [0.4, 0.5) is 4.79 Å². The van der Waals surface area contributed by atoms with Crippen molar-refractivity contribution < 1.29 is 19.4 Å². The quantitative estimate of drug-likeness (QED) is 0.736. The number of hydrogen-bond donors (Lipinski definition) is 3. The van der Waals surface area contributed by atoms with Crippen molar-refractivity contribution in [1.82, 2.24) is 10.6 Å². The Morgan fingerprint density at radius 3 is 2.29 bits per heavy atom. The fourth-order valence-electron chi connectivity index (χ4n) is 3.10. The van der Waals surface area contributed by atoms with Crippen LogP contribution in [0.2, 0.25) is 0 Å².